The van der Waals surface area contributed by atoms with Crippen molar-refractivity contribution < 1.29 is 30.4 Å². The summed E-state index contributed by atoms with van der Waals surface area (Å²) in [6, 6.07) is 16.2. The van der Waals surface area contributed by atoms with Gasteiger partial charge in [0, 0.05) is 28.9 Å². The first kappa shape index (κ1) is 29.8. The number of ether oxygens (including phenoxy) is 1. The summed E-state index contributed by atoms with van der Waals surface area (Å²) in [6.45, 7) is 4.95. The highest BCUT2D eigenvalue weighted by Gasteiger charge is 2.30. The summed E-state index contributed by atoms with van der Waals surface area (Å²) in [5, 5.41) is 0.445. The van der Waals surface area contributed by atoms with E-state index in [1.54, 1.807) is 56.3 Å². The van der Waals surface area contributed by atoms with E-state index < -0.39 is 31.7 Å². The molecule has 1 aliphatic carbocycles. The van der Waals surface area contributed by atoms with E-state index in [1.807, 2.05) is 0 Å². The minimum absolute atomic E-state index is 0.0681. The Morgan fingerprint density at radius 3 is 2.36 bits per heavy atom. The average Bonchev–Trinajstić information content (AvgIpc) is 3.72. The Morgan fingerprint density at radius 2 is 1.68 bits per heavy atom. The number of nitrogens with one attached hydrogen (secondary N) is 1. The molecule has 0 spiro atoms. The summed E-state index contributed by atoms with van der Waals surface area (Å²) in [7, 11) is -7.71. The molecule has 8 nitrogen and oxygen atoms in total. The van der Waals surface area contributed by atoms with Crippen LogP contribution < -0.4 is 9.46 Å². The van der Waals surface area contributed by atoms with Gasteiger partial charge in [0.2, 0.25) is 10.0 Å². The van der Waals surface area contributed by atoms with Crippen LogP contribution in [0.25, 0.3) is 22.2 Å². The van der Waals surface area contributed by atoms with Gasteiger partial charge in [-0.2, -0.15) is 0 Å². The number of aromatic nitrogens is 2. The van der Waals surface area contributed by atoms with Crippen LogP contribution in [0.5, 0.6) is 11.5 Å². The van der Waals surface area contributed by atoms with Crippen LogP contribution in [-0.4, -0.2) is 31.5 Å². The van der Waals surface area contributed by atoms with Crippen molar-refractivity contribution in [3.8, 4) is 22.6 Å². The molecule has 0 saturated heterocycles. The molecule has 1 saturated carbocycles. The Labute approximate surface area is 254 Å². The Hall–Kier alpha value is -4.29. The van der Waals surface area contributed by atoms with Crippen LogP contribution >= 0.6 is 0 Å². The predicted octanol–water partition coefficient (Wildman–Crippen LogP) is 7.27. The van der Waals surface area contributed by atoms with Crippen LogP contribution in [0.3, 0.4) is 0 Å². The highest BCUT2D eigenvalue weighted by molar-refractivity contribution is 7.92. The molecule has 2 aromatic heterocycles. The number of benzene rings is 3. The molecule has 3 aromatic carbocycles. The molecule has 0 unspecified atom stereocenters. The summed E-state index contributed by atoms with van der Waals surface area (Å²) in [4.78, 5) is 4.69. The molecule has 12 heteroatoms. The van der Waals surface area contributed by atoms with Crippen molar-refractivity contribution in [3.05, 3.63) is 101 Å². The summed E-state index contributed by atoms with van der Waals surface area (Å²) in [6.07, 6.45) is 3.09. The van der Waals surface area contributed by atoms with Crippen molar-refractivity contribution in [3.63, 3.8) is 0 Å². The molecule has 0 bridgehead atoms. The van der Waals surface area contributed by atoms with Crippen molar-refractivity contribution in [2.45, 2.75) is 44.4 Å². The standard InChI is InChI=1S/C32H29F2N3O5S2/c1-4-43(38,39)36-28-17-26(30(18-24(28)21-9-10-21)42-29-12-11-22(33)16-27(29)34)25-15-20(3)35-32-23(25)13-14-37(32)44(40,41)31-8-6-5-7-19(31)2/h5-8,11-18,21,36H,4,9-10H2,1-3H3. The lowest BCUT2D eigenvalue weighted by atomic mass is 9.97. The van der Waals surface area contributed by atoms with Gasteiger partial charge in [0.15, 0.2) is 17.2 Å². The molecule has 1 fully saturated rings. The van der Waals surface area contributed by atoms with Gasteiger partial charge in [0.25, 0.3) is 10.0 Å². The number of rotatable bonds is 9. The largest absolute Gasteiger partial charge is 0.454 e. The summed E-state index contributed by atoms with van der Waals surface area (Å²) in [5.41, 5.74) is 3.10. The highest BCUT2D eigenvalue weighted by Crippen LogP contribution is 2.49. The third-order valence-corrected chi connectivity index (χ3v) is 10.7. The van der Waals surface area contributed by atoms with Gasteiger partial charge in [-0.25, -0.2) is 34.6 Å². The third-order valence-electron chi connectivity index (χ3n) is 7.60. The van der Waals surface area contributed by atoms with Gasteiger partial charge in [-0.15, -0.1) is 0 Å². The summed E-state index contributed by atoms with van der Waals surface area (Å²) >= 11 is 0. The average molecular weight is 638 g/mol. The number of nitrogens with zero attached hydrogens (tertiary/aromatic N) is 2. The second-order valence-corrected chi connectivity index (χ2v) is 14.6. The predicted molar refractivity (Wildman–Crippen MR) is 165 cm³/mol. The third kappa shape index (κ3) is 5.55. The van der Waals surface area contributed by atoms with E-state index in [4.69, 9.17) is 4.74 Å². The van der Waals surface area contributed by atoms with E-state index in [-0.39, 0.29) is 33.7 Å². The molecule has 2 heterocycles. The quantitative estimate of drug-likeness (QED) is 0.182. The van der Waals surface area contributed by atoms with Crippen LogP contribution in [0, 0.1) is 25.5 Å². The first-order chi connectivity index (χ1) is 20.9. The number of fused-ring (bicyclic) bond motifs is 1. The number of hydrogen-bond acceptors (Lipinski definition) is 6. The molecule has 0 atom stereocenters. The number of aryl methyl sites for hydroxylation is 2. The van der Waals surface area contributed by atoms with Gasteiger partial charge < -0.3 is 4.74 Å². The van der Waals surface area contributed by atoms with Crippen molar-refractivity contribution >= 4 is 36.8 Å². The van der Waals surface area contributed by atoms with E-state index in [2.05, 4.69) is 9.71 Å². The Balaban J connectivity index is 1.60. The van der Waals surface area contributed by atoms with Gasteiger partial charge in [0.05, 0.1) is 16.3 Å². The molecule has 0 amide bonds. The molecule has 0 radical (unpaired) electrons. The smallest absolute Gasteiger partial charge is 0.269 e. The van der Waals surface area contributed by atoms with E-state index in [9.17, 15) is 25.6 Å². The molecular weight excluding hydrogens is 608 g/mol. The maximum Gasteiger partial charge on any atom is 0.269 e. The maximum absolute atomic E-state index is 14.8. The van der Waals surface area contributed by atoms with Crippen LogP contribution in [0.15, 0.2) is 77.8 Å². The van der Waals surface area contributed by atoms with Crippen LogP contribution in [0.4, 0.5) is 14.5 Å². The normalized spacial score (nSPS) is 13.8. The number of hydrogen-bond donors (Lipinski definition) is 1. The van der Waals surface area contributed by atoms with Crippen LogP contribution in [-0.2, 0) is 20.0 Å². The zero-order valence-corrected chi connectivity index (χ0v) is 25.8. The van der Waals surface area contributed by atoms with Crippen LogP contribution in [0.1, 0.15) is 42.5 Å². The first-order valence-corrected chi connectivity index (χ1v) is 17.1. The number of pyridine rings is 1. The van der Waals surface area contributed by atoms with E-state index in [0.717, 1.165) is 22.9 Å². The lowest BCUT2D eigenvalue weighted by Crippen LogP contribution is -2.16. The van der Waals surface area contributed by atoms with Crippen molar-refractivity contribution in [2.24, 2.45) is 0 Å². The summed E-state index contributed by atoms with van der Waals surface area (Å²) < 4.78 is 91.3. The van der Waals surface area contributed by atoms with Gasteiger partial charge in [-0.3, -0.25) is 4.72 Å². The van der Waals surface area contributed by atoms with Crippen LogP contribution in [0.2, 0.25) is 0 Å². The summed E-state index contributed by atoms with van der Waals surface area (Å²) in [5.74, 6) is -1.79. The monoisotopic (exact) mass is 637 g/mol. The van der Waals surface area contributed by atoms with Gasteiger partial charge in [0.1, 0.15) is 11.6 Å². The zero-order valence-electron chi connectivity index (χ0n) is 24.1. The second kappa shape index (κ2) is 11.0. The lowest BCUT2D eigenvalue weighted by molar-refractivity contribution is 0.438. The molecular formula is C32H29F2N3O5S2. The first-order valence-electron chi connectivity index (χ1n) is 14.0. The second-order valence-electron chi connectivity index (χ2n) is 10.8. The van der Waals surface area contributed by atoms with Gasteiger partial charge in [-0.1, -0.05) is 18.2 Å². The fourth-order valence-corrected chi connectivity index (χ4v) is 7.39. The van der Waals surface area contributed by atoms with Crippen molar-refractivity contribution in [1.82, 2.24) is 8.96 Å². The number of anilines is 1. The minimum atomic E-state index is -4.04. The topological polar surface area (TPSA) is 107 Å². The Morgan fingerprint density at radius 1 is 0.932 bits per heavy atom. The fourth-order valence-electron chi connectivity index (χ4n) is 5.21. The molecule has 6 rings (SSSR count). The molecule has 5 aromatic rings. The Bertz CT molecular complexity index is 2160. The van der Waals surface area contributed by atoms with Crippen molar-refractivity contribution in [1.29, 1.82) is 0 Å². The van der Waals surface area contributed by atoms with E-state index in [1.165, 1.54) is 25.3 Å². The molecule has 228 valence electrons. The Kier molecular flexibility index (Phi) is 7.45. The lowest BCUT2D eigenvalue weighted by Gasteiger charge is -2.19. The molecule has 44 heavy (non-hydrogen) atoms. The number of halogens is 2. The SMILES string of the molecule is CCS(=O)(=O)Nc1cc(-c2cc(C)nc3c2ccn3S(=O)(=O)c2ccccc2C)c(Oc2ccc(F)cc2F)cc1C1CC1. The van der Waals surface area contributed by atoms with E-state index in [0.29, 0.717) is 45.1 Å². The van der Waals surface area contributed by atoms with Gasteiger partial charge in [-0.05, 0) is 98.7 Å². The molecule has 1 aliphatic rings. The van der Waals surface area contributed by atoms with Gasteiger partial charge >= 0.3 is 0 Å². The molecule has 0 aliphatic heterocycles. The van der Waals surface area contributed by atoms with Crippen molar-refractivity contribution in [2.75, 3.05) is 10.5 Å². The maximum atomic E-state index is 14.8. The molecule has 1 N–H and O–H groups in total. The zero-order chi connectivity index (χ0) is 31.4. The van der Waals surface area contributed by atoms with E-state index >= 15 is 0 Å². The minimum Gasteiger partial charge on any atom is -0.454 e. The number of sulfonamides is 1. The highest BCUT2D eigenvalue weighted by atomic mass is 32.2. The fraction of sp³-hybridized carbons (Fsp3) is 0.219.